The normalized spacial score (nSPS) is 12.3. The monoisotopic (exact) mass is 211 g/mol. The second kappa shape index (κ2) is 4.47. The third-order valence-corrected chi connectivity index (χ3v) is 2.05. The van der Waals surface area contributed by atoms with Gasteiger partial charge in [-0.05, 0) is 44.0 Å². The largest absolute Gasteiger partial charge is 0.325 e. The average Bonchev–Trinajstić information content (AvgIpc) is 2.01. The lowest BCUT2D eigenvalue weighted by molar-refractivity contribution is -0.115. The van der Waals surface area contributed by atoms with E-state index in [0.717, 1.165) is 16.8 Å². The minimum absolute atomic E-state index is 0.170. The van der Waals surface area contributed by atoms with E-state index >= 15 is 0 Å². The van der Waals surface area contributed by atoms with Gasteiger partial charge >= 0.3 is 0 Å². The highest BCUT2D eigenvalue weighted by Gasteiger charge is 2.08. The first-order valence-corrected chi connectivity index (χ1v) is 4.96. The van der Waals surface area contributed by atoms with Crippen molar-refractivity contribution < 1.29 is 4.79 Å². The minimum atomic E-state index is -0.504. The van der Waals surface area contributed by atoms with E-state index in [9.17, 15) is 4.79 Å². The Morgan fingerprint density at radius 2 is 1.79 bits per heavy atom. The van der Waals surface area contributed by atoms with Crippen molar-refractivity contribution in [2.24, 2.45) is 0 Å². The summed E-state index contributed by atoms with van der Waals surface area (Å²) in [5.41, 5.74) is 3.06. The lowest BCUT2D eigenvalue weighted by Gasteiger charge is -2.08. The maximum Gasteiger partial charge on any atom is 0.242 e. The molecule has 0 radical (unpaired) electrons. The molecule has 0 spiro atoms. The van der Waals surface area contributed by atoms with Crippen molar-refractivity contribution in [2.45, 2.75) is 26.1 Å². The number of amides is 1. The van der Waals surface area contributed by atoms with Gasteiger partial charge in [0.1, 0.15) is 5.38 Å². The summed E-state index contributed by atoms with van der Waals surface area (Å²) in [4.78, 5) is 11.3. The third kappa shape index (κ3) is 3.04. The van der Waals surface area contributed by atoms with Crippen LogP contribution in [0.3, 0.4) is 0 Å². The standard InChI is InChI=1S/C11H14ClNO/c1-7-4-8(2)6-10(5-7)13-11(14)9(3)12/h4-6,9H,1-3H3,(H,13,14). The first kappa shape index (κ1) is 11.1. The molecule has 76 valence electrons. The summed E-state index contributed by atoms with van der Waals surface area (Å²) in [5.74, 6) is -0.170. The number of anilines is 1. The molecule has 1 aromatic carbocycles. The molecule has 0 aliphatic rings. The summed E-state index contributed by atoms with van der Waals surface area (Å²) in [7, 11) is 0. The number of carbonyl (C=O) groups excluding carboxylic acids is 1. The van der Waals surface area contributed by atoms with Crippen LogP contribution in [0.2, 0.25) is 0 Å². The van der Waals surface area contributed by atoms with Gasteiger partial charge in [0.25, 0.3) is 0 Å². The number of rotatable bonds is 2. The quantitative estimate of drug-likeness (QED) is 0.749. The Bertz CT molecular complexity index is 327. The van der Waals surface area contributed by atoms with E-state index in [1.807, 2.05) is 26.0 Å². The van der Waals surface area contributed by atoms with Crippen molar-refractivity contribution in [1.82, 2.24) is 0 Å². The Kier molecular flexibility index (Phi) is 3.53. The zero-order chi connectivity index (χ0) is 10.7. The minimum Gasteiger partial charge on any atom is -0.325 e. The topological polar surface area (TPSA) is 29.1 Å². The highest BCUT2D eigenvalue weighted by molar-refractivity contribution is 6.32. The second-order valence-electron chi connectivity index (χ2n) is 3.48. The number of hydrogen-bond acceptors (Lipinski definition) is 1. The van der Waals surface area contributed by atoms with E-state index in [4.69, 9.17) is 11.6 Å². The van der Waals surface area contributed by atoms with Crippen LogP contribution in [0, 0.1) is 13.8 Å². The van der Waals surface area contributed by atoms with Crippen LogP contribution in [0.25, 0.3) is 0 Å². The zero-order valence-corrected chi connectivity index (χ0v) is 9.35. The fourth-order valence-corrected chi connectivity index (χ4v) is 1.34. The van der Waals surface area contributed by atoms with Gasteiger partial charge in [0.2, 0.25) is 5.91 Å². The Labute approximate surface area is 89.3 Å². The molecule has 14 heavy (non-hydrogen) atoms. The van der Waals surface area contributed by atoms with Gasteiger partial charge in [-0.1, -0.05) is 6.07 Å². The van der Waals surface area contributed by atoms with Gasteiger partial charge in [0.05, 0.1) is 0 Å². The van der Waals surface area contributed by atoms with Gasteiger partial charge in [0.15, 0.2) is 0 Å². The van der Waals surface area contributed by atoms with Gasteiger partial charge in [-0.3, -0.25) is 4.79 Å². The van der Waals surface area contributed by atoms with Gasteiger partial charge in [-0.25, -0.2) is 0 Å². The molecule has 0 aliphatic carbocycles. The van der Waals surface area contributed by atoms with E-state index in [0.29, 0.717) is 0 Å². The van der Waals surface area contributed by atoms with Gasteiger partial charge in [0, 0.05) is 5.69 Å². The molecule has 1 rings (SSSR count). The maximum absolute atomic E-state index is 11.3. The Morgan fingerprint density at radius 1 is 1.29 bits per heavy atom. The molecule has 0 saturated heterocycles. The van der Waals surface area contributed by atoms with Crippen LogP contribution in [0.1, 0.15) is 18.1 Å². The summed E-state index contributed by atoms with van der Waals surface area (Å²) >= 11 is 5.65. The molecule has 1 amide bonds. The van der Waals surface area contributed by atoms with Crippen LogP contribution >= 0.6 is 11.6 Å². The molecule has 0 aliphatic heterocycles. The molecular formula is C11H14ClNO. The van der Waals surface area contributed by atoms with Crippen LogP contribution in [-0.4, -0.2) is 11.3 Å². The summed E-state index contributed by atoms with van der Waals surface area (Å²) < 4.78 is 0. The zero-order valence-electron chi connectivity index (χ0n) is 8.60. The van der Waals surface area contributed by atoms with Gasteiger partial charge in [-0.2, -0.15) is 0 Å². The first-order chi connectivity index (χ1) is 6.49. The molecule has 2 nitrogen and oxygen atoms in total. The average molecular weight is 212 g/mol. The van der Waals surface area contributed by atoms with Crippen molar-refractivity contribution in [3.63, 3.8) is 0 Å². The third-order valence-electron chi connectivity index (χ3n) is 1.85. The molecule has 1 atom stereocenters. The Balaban J connectivity index is 2.82. The van der Waals surface area contributed by atoms with Crippen LogP contribution in [0.15, 0.2) is 18.2 Å². The summed E-state index contributed by atoms with van der Waals surface area (Å²) in [5, 5.41) is 2.25. The molecule has 3 heteroatoms. The molecule has 0 saturated carbocycles. The fourth-order valence-electron chi connectivity index (χ4n) is 1.29. The van der Waals surface area contributed by atoms with E-state index in [1.54, 1.807) is 6.92 Å². The van der Waals surface area contributed by atoms with E-state index in [1.165, 1.54) is 0 Å². The predicted molar refractivity (Wildman–Crippen MR) is 59.9 cm³/mol. The first-order valence-electron chi connectivity index (χ1n) is 4.52. The highest BCUT2D eigenvalue weighted by Crippen LogP contribution is 2.14. The summed E-state index contributed by atoms with van der Waals surface area (Å²) in [6.07, 6.45) is 0. The number of carbonyl (C=O) groups is 1. The van der Waals surface area contributed by atoms with Crippen molar-refractivity contribution >= 4 is 23.2 Å². The van der Waals surface area contributed by atoms with Crippen molar-refractivity contribution in [3.05, 3.63) is 29.3 Å². The molecule has 0 fully saturated rings. The molecule has 0 heterocycles. The van der Waals surface area contributed by atoms with Crippen LogP contribution in [0.4, 0.5) is 5.69 Å². The second-order valence-corrected chi connectivity index (χ2v) is 4.14. The number of nitrogens with one attached hydrogen (secondary N) is 1. The Hall–Kier alpha value is -1.02. The highest BCUT2D eigenvalue weighted by atomic mass is 35.5. The Morgan fingerprint density at radius 3 is 2.21 bits per heavy atom. The number of hydrogen-bond donors (Lipinski definition) is 1. The molecule has 1 aromatic rings. The maximum atomic E-state index is 11.3. The van der Waals surface area contributed by atoms with Crippen molar-refractivity contribution in [2.75, 3.05) is 5.32 Å². The lowest BCUT2D eigenvalue weighted by atomic mass is 10.1. The van der Waals surface area contributed by atoms with Crippen LogP contribution < -0.4 is 5.32 Å². The fraction of sp³-hybridized carbons (Fsp3) is 0.364. The molecule has 1 N–H and O–H groups in total. The molecule has 0 aromatic heterocycles. The van der Waals surface area contributed by atoms with Crippen LogP contribution in [-0.2, 0) is 4.79 Å². The van der Waals surface area contributed by atoms with Crippen LogP contribution in [0.5, 0.6) is 0 Å². The predicted octanol–water partition coefficient (Wildman–Crippen LogP) is 2.87. The number of halogens is 1. The number of benzene rings is 1. The van der Waals surface area contributed by atoms with E-state index in [-0.39, 0.29) is 5.91 Å². The van der Waals surface area contributed by atoms with Gasteiger partial charge in [-0.15, -0.1) is 11.6 Å². The number of aryl methyl sites for hydroxylation is 2. The smallest absolute Gasteiger partial charge is 0.242 e. The van der Waals surface area contributed by atoms with E-state index in [2.05, 4.69) is 11.4 Å². The van der Waals surface area contributed by atoms with Crippen molar-refractivity contribution in [1.29, 1.82) is 0 Å². The molecule has 0 bridgehead atoms. The summed E-state index contributed by atoms with van der Waals surface area (Å²) in [6, 6.07) is 5.90. The number of alkyl halides is 1. The lowest BCUT2D eigenvalue weighted by Crippen LogP contribution is -2.20. The molecule has 1 unspecified atom stereocenters. The van der Waals surface area contributed by atoms with Gasteiger partial charge < -0.3 is 5.32 Å². The molecular weight excluding hydrogens is 198 g/mol. The van der Waals surface area contributed by atoms with Crippen molar-refractivity contribution in [3.8, 4) is 0 Å². The SMILES string of the molecule is Cc1cc(C)cc(NC(=O)C(C)Cl)c1. The summed E-state index contributed by atoms with van der Waals surface area (Å²) in [6.45, 7) is 5.64. The van der Waals surface area contributed by atoms with E-state index < -0.39 is 5.38 Å².